The van der Waals surface area contributed by atoms with E-state index in [-0.39, 0.29) is 0 Å². The van der Waals surface area contributed by atoms with Gasteiger partial charge in [-0.05, 0) is 49.7 Å². The van der Waals surface area contributed by atoms with E-state index in [1.165, 1.54) is 38.5 Å². The molecule has 0 unspecified atom stereocenters. The molecule has 72 valence electrons. The molecule has 0 aromatic rings. The lowest BCUT2D eigenvalue weighted by Gasteiger charge is -2.28. The van der Waals surface area contributed by atoms with Crippen molar-refractivity contribution in [2.75, 3.05) is 0 Å². The fourth-order valence-electron chi connectivity index (χ4n) is 2.87. The molecule has 0 spiro atoms. The Morgan fingerprint density at radius 2 is 1.00 bits per heavy atom. The van der Waals surface area contributed by atoms with Crippen LogP contribution in [0, 0.1) is 0 Å². The number of allylic oxidation sites excluding steroid dienone is 8. The molecule has 14 heavy (non-hydrogen) atoms. The molecule has 0 aliphatic heterocycles. The minimum atomic E-state index is 1.20. The largest absolute Gasteiger partial charge is 0.0841 e. The molecule has 0 bridgehead atoms. The van der Waals surface area contributed by atoms with Crippen molar-refractivity contribution >= 4 is 0 Å². The van der Waals surface area contributed by atoms with Gasteiger partial charge < -0.3 is 0 Å². The summed E-state index contributed by atoms with van der Waals surface area (Å²) in [5.74, 6) is 0. The maximum Gasteiger partial charge on any atom is -0.00948 e. The number of rotatable bonds is 0. The average Bonchev–Trinajstić information content (AvgIpc) is 2.29. The molecule has 3 aliphatic rings. The van der Waals surface area contributed by atoms with E-state index in [0.29, 0.717) is 0 Å². The van der Waals surface area contributed by atoms with Crippen LogP contribution in [0.5, 0.6) is 0 Å². The molecule has 0 saturated carbocycles. The summed E-state index contributed by atoms with van der Waals surface area (Å²) < 4.78 is 0. The van der Waals surface area contributed by atoms with Gasteiger partial charge in [0, 0.05) is 0 Å². The zero-order valence-electron chi connectivity index (χ0n) is 8.55. The lowest BCUT2D eigenvalue weighted by Crippen LogP contribution is -2.09. The van der Waals surface area contributed by atoms with Crippen LogP contribution < -0.4 is 0 Å². The van der Waals surface area contributed by atoms with Crippen LogP contribution in [0.15, 0.2) is 46.6 Å². The fraction of sp³-hybridized carbons (Fsp3) is 0.429. The first-order valence-electron chi connectivity index (χ1n) is 5.67. The van der Waals surface area contributed by atoms with Gasteiger partial charge in [0.15, 0.2) is 0 Å². The summed E-state index contributed by atoms with van der Waals surface area (Å²) in [5, 5.41) is 0. The Kier molecular flexibility index (Phi) is 1.93. The highest BCUT2D eigenvalue weighted by Gasteiger charge is 2.21. The van der Waals surface area contributed by atoms with Crippen molar-refractivity contribution in [1.82, 2.24) is 0 Å². The molecule has 0 aromatic heterocycles. The Labute approximate surface area is 85.7 Å². The highest BCUT2D eigenvalue weighted by molar-refractivity contribution is 5.48. The molecule has 0 nitrogen and oxygen atoms in total. The lowest BCUT2D eigenvalue weighted by atomic mass is 9.77. The topological polar surface area (TPSA) is 0 Å². The van der Waals surface area contributed by atoms with Gasteiger partial charge >= 0.3 is 0 Å². The average molecular weight is 184 g/mol. The molecule has 0 radical (unpaired) electrons. The van der Waals surface area contributed by atoms with Crippen molar-refractivity contribution in [1.29, 1.82) is 0 Å². The molecular formula is C14H16. The van der Waals surface area contributed by atoms with Crippen LogP contribution in [-0.2, 0) is 0 Å². The van der Waals surface area contributed by atoms with Gasteiger partial charge in [0.05, 0.1) is 0 Å². The Bertz CT molecular complexity index is 337. The van der Waals surface area contributed by atoms with Crippen LogP contribution in [0.2, 0.25) is 0 Å². The molecule has 0 atom stereocenters. The molecule has 0 N–H and O–H groups in total. The molecule has 0 heterocycles. The van der Waals surface area contributed by atoms with Crippen LogP contribution in [0.25, 0.3) is 0 Å². The Morgan fingerprint density at radius 1 is 0.571 bits per heavy atom. The van der Waals surface area contributed by atoms with E-state index in [1.54, 1.807) is 22.3 Å². The van der Waals surface area contributed by atoms with E-state index in [9.17, 15) is 0 Å². The van der Waals surface area contributed by atoms with E-state index < -0.39 is 0 Å². The van der Waals surface area contributed by atoms with Gasteiger partial charge in [0.25, 0.3) is 0 Å². The zero-order valence-corrected chi connectivity index (χ0v) is 8.55. The summed E-state index contributed by atoms with van der Waals surface area (Å²) in [6.45, 7) is 0. The van der Waals surface area contributed by atoms with E-state index in [0.717, 1.165) is 0 Å². The smallest absolute Gasteiger partial charge is 0.00948 e. The normalized spacial score (nSPS) is 25.1. The fourth-order valence-corrected chi connectivity index (χ4v) is 2.87. The standard InChI is InChI=1S/C14H16/c1-3-7-13-11(5-1)9-10-12-6-2-4-8-14(12)13/h1-4H,5-10H2. The first-order valence-corrected chi connectivity index (χ1v) is 5.67. The number of hydrogen-bond acceptors (Lipinski definition) is 0. The predicted octanol–water partition coefficient (Wildman–Crippen LogP) is 4.07. The molecule has 0 aromatic carbocycles. The molecular weight excluding hydrogens is 168 g/mol. The second-order valence-corrected chi connectivity index (χ2v) is 4.42. The van der Waals surface area contributed by atoms with Crippen LogP contribution in [0.1, 0.15) is 38.5 Å². The predicted molar refractivity (Wildman–Crippen MR) is 60.0 cm³/mol. The quantitative estimate of drug-likeness (QED) is 0.498. The molecule has 0 heteroatoms. The van der Waals surface area contributed by atoms with Crippen molar-refractivity contribution in [2.24, 2.45) is 0 Å². The van der Waals surface area contributed by atoms with Gasteiger partial charge in [-0.15, -0.1) is 0 Å². The SMILES string of the molecule is C1=CCC2=C(C1)CCC1=C2CC=CC1. The highest BCUT2D eigenvalue weighted by Crippen LogP contribution is 2.40. The summed E-state index contributed by atoms with van der Waals surface area (Å²) in [4.78, 5) is 0. The van der Waals surface area contributed by atoms with E-state index in [2.05, 4.69) is 24.3 Å². The van der Waals surface area contributed by atoms with Crippen molar-refractivity contribution < 1.29 is 0 Å². The van der Waals surface area contributed by atoms with Gasteiger partial charge in [-0.1, -0.05) is 35.5 Å². The zero-order chi connectivity index (χ0) is 9.38. The van der Waals surface area contributed by atoms with Gasteiger partial charge in [-0.25, -0.2) is 0 Å². The third-order valence-electron chi connectivity index (χ3n) is 3.65. The Morgan fingerprint density at radius 3 is 1.50 bits per heavy atom. The van der Waals surface area contributed by atoms with Crippen molar-refractivity contribution in [3.05, 3.63) is 46.6 Å². The molecule has 0 fully saturated rings. The highest BCUT2D eigenvalue weighted by atomic mass is 14.3. The second kappa shape index (κ2) is 3.27. The summed E-state index contributed by atoms with van der Waals surface area (Å²) >= 11 is 0. The summed E-state index contributed by atoms with van der Waals surface area (Å²) in [5.41, 5.74) is 6.83. The van der Waals surface area contributed by atoms with Crippen molar-refractivity contribution in [3.8, 4) is 0 Å². The second-order valence-electron chi connectivity index (χ2n) is 4.42. The number of fused-ring (bicyclic) bond motifs is 1. The van der Waals surface area contributed by atoms with E-state index in [4.69, 9.17) is 0 Å². The lowest BCUT2D eigenvalue weighted by molar-refractivity contribution is 0.780. The first kappa shape index (κ1) is 8.28. The van der Waals surface area contributed by atoms with Crippen LogP contribution in [0.3, 0.4) is 0 Å². The maximum atomic E-state index is 2.34. The van der Waals surface area contributed by atoms with Gasteiger partial charge in [-0.3, -0.25) is 0 Å². The molecule has 0 saturated heterocycles. The minimum Gasteiger partial charge on any atom is -0.0841 e. The summed E-state index contributed by atoms with van der Waals surface area (Å²) in [6, 6.07) is 0. The van der Waals surface area contributed by atoms with Crippen LogP contribution in [0.4, 0.5) is 0 Å². The Balaban J connectivity index is 2.00. The number of hydrogen-bond donors (Lipinski definition) is 0. The first-order chi connectivity index (χ1) is 6.95. The van der Waals surface area contributed by atoms with Crippen molar-refractivity contribution in [3.63, 3.8) is 0 Å². The van der Waals surface area contributed by atoms with Gasteiger partial charge in [0.1, 0.15) is 0 Å². The van der Waals surface area contributed by atoms with Crippen LogP contribution >= 0.6 is 0 Å². The maximum absolute atomic E-state index is 2.34. The summed E-state index contributed by atoms with van der Waals surface area (Å²) in [7, 11) is 0. The van der Waals surface area contributed by atoms with Crippen LogP contribution in [-0.4, -0.2) is 0 Å². The van der Waals surface area contributed by atoms with Crippen molar-refractivity contribution in [2.45, 2.75) is 38.5 Å². The summed E-state index contributed by atoms with van der Waals surface area (Å²) in [6.07, 6.45) is 16.8. The van der Waals surface area contributed by atoms with E-state index >= 15 is 0 Å². The molecule has 3 aliphatic carbocycles. The van der Waals surface area contributed by atoms with E-state index in [1.807, 2.05) is 0 Å². The van der Waals surface area contributed by atoms with Gasteiger partial charge in [0.2, 0.25) is 0 Å². The molecule has 0 amide bonds. The third-order valence-corrected chi connectivity index (χ3v) is 3.65. The monoisotopic (exact) mass is 184 g/mol. The molecule has 3 rings (SSSR count). The van der Waals surface area contributed by atoms with Gasteiger partial charge in [-0.2, -0.15) is 0 Å². The Hall–Kier alpha value is -1.04. The minimum absolute atomic E-state index is 1.20. The third kappa shape index (κ3) is 1.21.